The van der Waals surface area contributed by atoms with E-state index in [1.807, 2.05) is 19.9 Å². The maximum Gasteiger partial charge on any atom is 0.324 e. The van der Waals surface area contributed by atoms with Crippen LogP contribution in [-0.4, -0.2) is 66.5 Å². The second-order valence-electron chi connectivity index (χ2n) is 7.20. The van der Waals surface area contributed by atoms with Crippen LogP contribution >= 0.6 is 0 Å². The Hall–Kier alpha value is -2.08. The fraction of sp³-hybridized carbons (Fsp3) is 0.556. The zero-order chi connectivity index (χ0) is 17.2. The molecule has 1 aromatic rings. The molecule has 2 fully saturated rings. The topological polar surface area (TPSA) is 55.9 Å². The highest BCUT2D eigenvalue weighted by Gasteiger charge is 2.36. The first-order chi connectivity index (χ1) is 11.4. The van der Waals surface area contributed by atoms with Crippen molar-refractivity contribution in [3.05, 3.63) is 30.3 Å². The number of hydrogen-bond donors (Lipinski definition) is 1. The molecule has 130 valence electrons. The molecule has 2 aliphatic rings. The third kappa shape index (κ3) is 3.87. The third-order valence-electron chi connectivity index (χ3n) is 4.72. The molecule has 0 aliphatic carbocycles. The second-order valence-corrected chi connectivity index (χ2v) is 7.20. The summed E-state index contributed by atoms with van der Waals surface area (Å²) in [4.78, 5) is 30.3. The first-order valence-corrected chi connectivity index (χ1v) is 8.59. The van der Waals surface area contributed by atoms with E-state index in [4.69, 9.17) is 0 Å². The van der Waals surface area contributed by atoms with Crippen molar-refractivity contribution in [2.24, 2.45) is 0 Å². The van der Waals surface area contributed by atoms with Crippen LogP contribution in [0.25, 0.3) is 0 Å². The minimum absolute atomic E-state index is 0.0772. The van der Waals surface area contributed by atoms with E-state index in [0.717, 1.165) is 32.7 Å². The second kappa shape index (κ2) is 6.81. The molecule has 2 saturated heterocycles. The molecule has 2 heterocycles. The Bertz CT molecular complexity index is 574. The van der Waals surface area contributed by atoms with Gasteiger partial charge in [0.25, 0.3) is 0 Å². The Kier molecular flexibility index (Phi) is 4.76. The van der Waals surface area contributed by atoms with Crippen molar-refractivity contribution in [2.75, 3.05) is 44.2 Å². The summed E-state index contributed by atoms with van der Waals surface area (Å²) in [6.45, 7) is 8.79. The Morgan fingerprint density at radius 3 is 2.29 bits per heavy atom. The maximum absolute atomic E-state index is 12.2. The summed E-state index contributed by atoms with van der Waals surface area (Å²) in [6, 6.07) is 10.1. The van der Waals surface area contributed by atoms with Crippen LogP contribution in [0.4, 0.5) is 10.5 Å². The number of carbonyl (C=O) groups excluding carboxylic acids is 2. The minimum atomic E-state index is -0.439. The van der Waals surface area contributed by atoms with Crippen molar-refractivity contribution in [1.29, 1.82) is 0 Å². The molecule has 3 amide bonds. The van der Waals surface area contributed by atoms with Gasteiger partial charge in [-0.3, -0.25) is 14.6 Å². The van der Waals surface area contributed by atoms with Gasteiger partial charge >= 0.3 is 6.03 Å². The fourth-order valence-corrected chi connectivity index (χ4v) is 3.32. The standard InChI is InChI=1S/C18H26N4O2/c1-18(2)14-16(23)22(17(24)19-18)13-10-20-8-11-21(12-9-20)15-6-4-3-5-7-15/h3-7H,8-14H2,1-2H3,(H,19,24). The SMILES string of the molecule is CC1(C)CC(=O)N(CCN2CCN(c3ccccc3)CC2)C(=O)N1. The van der Waals surface area contributed by atoms with E-state index in [1.54, 1.807) is 0 Å². The smallest absolute Gasteiger partial charge is 0.324 e. The van der Waals surface area contributed by atoms with Crippen LogP contribution in [0.1, 0.15) is 20.3 Å². The number of nitrogens with zero attached hydrogens (tertiary/aromatic N) is 3. The quantitative estimate of drug-likeness (QED) is 0.910. The predicted octanol–water partition coefficient (Wildman–Crippen LogP) is 1.53. The first kappa shape index (κ1) is 16.8. The summed E-state index contributed by atoms with van der Waals surface area (Å²) in [5.41, 5.74) is 0.816. The van der Waals surface area contributed by atoms with Crippen LogP contribution in [0.15, 0.2) is 30.3 Å². The number of urea groups is 1. The van der Waals surface area contributed by atoms with Gasteiger partial charge in [0.1, 0.15) is 0 Å². The number of para-hydroxylation sites is 1. The molecule has 24 heavy (non-hydrogen) atoms. The number of rotatable bonds is 4. The van der Waals surface area contributed by atoms with Gasteiger partial charge in [-0.25, -0.2) is 4.79 Å². The highest BCUT2D eigenvalue weighted by molar-refractivity contribution is 5.97. The van der Waals surface area contributed by atoms with Crippen LogP contribution < -0.4 is 10.2 Å². The molecule has 3 rings (SSSR count). The molecular formula is C18H26N4O2. The van der Waals surface area contributed by atoms with E-state index in [-0.39, 0.29) is 11.9 Å². The molecule has 0 saturated carbocycles. The molecule has 6 nitrogen and oxygen atoms in total. The summed E-state index contributed by atoms with van der Waals surface area (Å²) in [5.74, 6) is -0.0772. The number of piperazine rings is 1. The van der Waals surface area contributed by atoms with Crippen molar-refractivity contribution >= 4 is 17.6 Å². The van der Waals surface area contributed by atoms with Crippen molar-refractivity contribution in [1.82, 2.24) is 15.1 Å². The first-order valence-electron chi connectivity index (χ1n) is 8.59. The lowest BCUT2D eigenvalue weighted by atomic mass is 9.98. The van der Waals surface area contributed by atoms with E-state index in [0.29, 0.717) is 13.0 Å². The van der Waals surface area contributed by atoms with Gasteiger partial charge in [-0.15, -0.1) is 0 Å². The lowest BCUT2D eigenvalue weighted by Crippen LogP contribution is -2.60. The van der Waals surface area contributed by atoms with Crippen molar-refractivity contribution < 1.29 is 9.59 Å². The molecule has 1 N–H and O–H groups in total. The molecule has 6 heteroatoms. The largest absolute Gasteiger partial charge is 0.369 e. The normalized spacial score (nSPS) is 21.8. The average molecular weight is 330 g/mol. The summed E-state index contributed by atoms with van der Waals surface area (Å²) >= 11 is 0. The lowest BCUT2D eigenvalue weighted by molar-refractivity contribution is -0.131. The van der Waals surface area contributed by atoms with Crippen LogP contribution in [0, 0.1) is 0 Å². The summed E-state index contributed by atoms with van der Waals surface area (Å²) < 4.78 is 0. The number of carbonyl (C=O) groups is 2. The maximum atomic E-state index is 12.2. The summed E-state index contributed by atoms with van der Waals surface area (Å²) in [5, 5.41) is 2.89. The van der Waals surface area contributed by atoms with Gasteiger partial charge in [-0.2, -0.15) is 0 Å². The van der Waals surface area contributed by atoms with Gasteiger partial charge in [0, 0.05) is 56.9 Å². The van der Waals surface area contributed by atoms with Crippen LogP contribution in [0.2, 0.25) is 0 Å². The fourth-order valence-electron chi connectivity index (χ4n) is 3.32. The molecule has 1 aromatic carbocycles. The minimum Gasteiger partial charge on any atom is -0.369 e. The van der Waals surface area contributed by atoms with Gasteiger partial charge in [-0.1, -0.05) is 18.2 Å². The Morgan fingerprint density at radius 1 is 1.00 bits per heavy atom. The lowest BCUT2D eigenvalue weighted by Gasteiger charge is -2.39. The van der Waals surface area contributed by atoms with Gasteiger partial charge in [0.15, 0.2) is 0 Å². The van der Waals surface area contributed by atoms with Gasteiger partial charge < -0.3 is 10.2 Å². The monoisotopic (exact) mass is 330 g/mol. The Balaban J connectivity index is 1.47. The van der Waals surface area contributed by atoms with Crippen LogP contribution in [-0.2, 0) is 4.79 Å². The Labute approximate surface area is 143 Å². The number of amides is 3. The number of imide groups is 1. The van der Waals surface area contributed by atoms with Crippen molar-refractivity contribution in [3.8, 4) is 0 Å². The molecular weight excluding hydrogens is 304 g/mol. The van der Waals surface area contributed by atoms with E-state index >= 15 is 0 Å². The molecule has 0 radical (unpaired) electrons. The highest BCUT2D eigenvalue weighted by Crippen LogP contribution is 2.18. The number of hydrogen-bond acceptors (Lipinski definition) is 4. The summed E-state index contributed by atoms with van der Waals surface area (Å²) in [7, 11) is 0. The van der Waals surface area contributed by atoms with E-state index < -0.39 is 5.54 Å². The molecule has 0 unspecified atom stereocenters. The molecule has 0 aromatic heterocycles. The number of anilines is 1. The molecule has 0 bridgehead atoms. The molecule has 0 atom stereocenters. The van der Waals surface area contributed by atoms with Gasteiger partial charge in [0.2, 0.25) is 5.91 Å². The van der Waals surface area contributed by atoms with E-state index in [2.05, 4.69) is 39.4 Å². The van der Waals surface area contributed by atoms with Crippen LogP contribution in [0.5, 0.6) is 0 Å². The highest BCUT2D eigenvalue weighted by atomic mass is 16.2. The van der Waals surface area contributed by atoms with Gasteiger partial charge in [0.05, 0.1) is 0 Å². The number of benzene rings is 1. The van der Waals surface area contributed by atoms with Crippen molar-refractivity contribution in [3.63, 3.8) is 0 Å². The summed E-state index contributed by atoms with van der Waals surface area (Å²) in [6.07, 6.45) is 0.362. The molecule has 2 aliphatic heterocycles. The van der Waals surface area contributed by atoms with E-state index in [9.17, 15) is 9.59 Å². The van der Waals surface area contributed by atoms with Crippen molar-refractivity contribution in [2.45, 2.75) is 25.8 Å². The van der Waals surface area contributed by atoms with Gasteiger partial charge in [-0.05, 0) is 26.0 Å². The number of nitrogens with one attached hydrogen (secondary N) is 1. The van der Waals surface area contributed by atoms with E-state index in [1.165, 1.54) is 10.6 Å². The zero-order valence-corrected chi connectivity index (χ0v) is 14.5. The van der Waals surface area contributed by atoms with Crippen LogP contribution in [0.3, 0.4) is 0 Å². The Morgan fingerprint density at radius 2 is 1.67 bits per heavy atom. The predicted molar refractivity (Wildman–Crippen MR) is 94.0 cm³/mol. The third-order valence-corrected chi connectivity index (χ3v) is 4.72. The molecule has 0 spiro atoms. The average Bonchev–Trinajstić information content (AvgIpc) is 2.54. The zero-order valence-electron chi connectivity index (χ0n) is 14.5.